The normalized spacial score (nSPS) is 19.1. The zero-order valence-electron chi connectivity index (χ0n) is 15.6. The highest BCUT2D eigenvalue weighted by atomic mass is 16.6. The lowest BCUT2D eigenvalue weighted by atomic mass is 9.89. The molecule has 0 saturated carbocycles. The number of benzene rings is 2. The topological polar surface area (TPSA) is 110 Å². The van der Waals surface area contributed by atoms with Gasteiger partial charge in [0, 0.05) is 12.1 Å². The number of nitrogens with zero attached hydrogens (tertiary/aromatic N) is 2. The van der Waals surface area contributed by atoms with Gasteiger partial charge in [-0.15, -0.1) is 0 Å². The van der Waals surface area contributed by atoms with Crippen LogP contribution < -0.4 is 0 Å². The number of β-amino-alcohol motifs (C(OH)–C–C–N with tert-alkyl or cyclic N) is 1. The highest BCUT2D eigenvalue weighted by molar-refractivity contribution is 6.21. The van der Waals surface area contributed by atoms with Gasteiger partial charge in [-0.05, 0) is 36.5 Å². The van der Waals surface area contributed by atoms with E-state index in [0.29, 0.717) is 0 Å². The molecule has 2 amide bonds. The van der Waals surface area contributed by atoms with Crippen LogP contribution in [0.4, 0.5) is 5.69 Å². The molecule has 8 heteroatoms. The number of nitro benzene ring substituents is 1. The van der Waals surface area contributed by atoms with Crippen molar-refractivity contribution in [1.29, 1.82) is 0 Å². The smallest absolute Gasteiger partial charge is 0.270 e. The number of fused-ring (bicyclic) bond motifs is 2. The van der Waals surface area contributed by atoms with Gasteiger partial charge in [-0.1, -0.05) is 24.3 Å². The minimum Gasteiger partial charge on any atom is -0.389 e. The maximum absolute atomic E-state index is 12.5. The molecule has 1 heterocycles. The summed E-state index contributed by atoms with van der Waals surface area (Å²) in [5.74, 6) is -1.21. The highest BCUT2D eigenvalue weighted by Gasteiger charge is 2.37. The molecule has 1 aliphatic carbocycles. The molecule has 0 fully saturated rings. The number of nitro groups is 1. The van der Waals surface area contributed by atoms with Crippen LogP contribution in [0.15, 0.2) is 42.5 Å². The molecule has 2 aromatic rings. The van der Waals surface area contributed by atoms with Crippen molar-refractivity contribution in [2.75, 3.05) is 13.2 Å². The molecule has 1 aliphatic heterocycles. The van der Waals surface area contributed by atoms with E-state index in [1.807, 2.05) is 18.2 Å². The van der Waals surface area contributed by atoms with Crippen LogP contribution in [0.2, 0.25) is 0 Å². The lowest BCUT2D eigenvalue weighted by molar-refractivity contribution is -0.384. The van der Waals surface area contributed by atoms with E-state index < -0.39 is 22.8 Å². The summed E-state index contributed by atoms with van der Waals surface area (Å²) in [6.45, 7) is -0.249. The first-order valence-electron chi connectivity index (χ1n) is 9.48. The van der Waals surface area contributed by atoms with E-state index >= 15 is 0 Å². The molecular formula is C21H20N2O6. The zero-order chi connectivity index (χ0) is 20.5. The van der Waals surface area contributed by atoms with E-state index in [2.05, 4.69) is 6.07 Å². The molecule has 2 aliphatic rings. The fraction of sp³-hybridized carbons (Fsp3) is 0.333. The van der Waals surface area contributed by atoms with Crippen molar-refractivity contribution in [2.24, 2.45) is 0 Å². The number of carbonyl (C=O) groups excluding carboxylic acids is 2. The third kappa shape index (κ3) is 3.64. The second-order valence-electron chi connectivity index (χ2n) is 7.27. The minimum atomic E-state index is -1.05. The molecule has 1 N–H and O–H groups in total. The van der Waals surface area contributed by atoms with E-state index in [9.17, 15) is 24.8 Å². The van der Waals surface area contributed by atoms with Crippen molar-refractivity contribution in [1.82, 2.24) is 4.90 Å². The Morgan fingerprint density at radius 2 is 1.93 bits per heavy atom. The second kappa shape index (κ2) is 7.73. The lowest BCUT2D eigenvalue weighted by Crippen LogP contribution is -2.39. The fourth-order valence-electron chi connectivity index (χ4n) is 3.93. The number of carbonyl (C=O) groups is 2. The Labute approximate surface area is 166 Å². The number of amides is 2. The summed E-state index contributed by atoms with van der Waals surface area (Å²) in [4.78, 5) is 36.2. The average molecular weight is 396 g/mol. The van der Waals surface area contributed by atoms with Gasteiger partial charge in [-0.25, -0.2) is 0 Å². The molecule has 0 bridgehead atoms. The van der Waals surface area contributed by atoms with Gasteiger partial charge >= 0.3 is 0 Å². The summed E-state index contributed by atoms with van der Waals surface area (Å²) in [7, 11) is 0. The standard InChI is InChI=1S/C21H20N2O6/c24-15(12-29-19-7-3-5-13-4-1-2-6-16(13)19)11-22-20(25)17-9-8-14(23(27)28)10-18(17)21(22)26/h1-2,4,6,8-10,15,19,24H,3,5,7,11-12H2/t15-,19+/m1/s1. The van der Waals surface area contributed by atoms with E-state index in [0.717, 1.165) is 35.8 Å². The Bertz CT molecular complexity index is 989. The van der Waals surface area contributed by atoms with Gasteiger partial charge in [-0.2, -0.15) is 0 Å². The van der Waals surface area contributed by atoms with Gasteiger partial charge in [-0.3, -0.25) is 24.6 Å². The number of aryl methyl sites for hydroxylation is 1. The van der Waals surface area contributed by atoms with Crippen LogP contribution in [0.3, 0.4) is 0 Å². The molecule has 0 unspecified atom stereocenters. The van der Waals surface area contributed by atoms with Crippen molar-refractivity contribution in [2.45, 2.75) is 31.5 Å². The van der Waals surface area contributed by atoms with Crippen LogP contribution >= 0.6 is 0 Å². The van der Waals surface area contributed by atoms with Gasteiger partial charge < -0.3 is 9.84 Å². The monoisotopic (exact) mass is 396 g/mol. The number of rotatable bonds is 6. The summed E-state index contributed by atoms with van der Waals surface area (Å²) >= 11 is 0. The molecule has 0 radical (unpaired) electrons. The molecule has 29 heavy (non-hydrogen) atoms. The van der Waals surface area contributed by atoms with Crippen molar-refractivity contribution in [3.8, 4) is 0 Å². The first kappa shape index (κ1) is 19.2. The van der Waals surface area contributed by atoms with Crippen LogP contribution in [0.5, 0.6) is 0 Å². The van der Waals surface area contributed by atoms with Gasteiger partial charge in [0.05, 0.1) is 41.4 Å². The molecule has 0 spiro atoms. The van der Waals surface area contributed by atoms with E-state index in [4.69, 9.17) is 4.74 Å². The molecule has 2 atom stereocenters. The molecule has 2 aromatic carbocycles. The second-order valence-corrected chi connectivity index (χ2v) is 7.27. The van der Waals surface area contributed by atoms with Crippen LogP contribution in [-0.2, 0) is 11.2 Å². The summed E-state index contributed by atoms with van der Waals surface area (Å²) in [5.41, 5.74) is 2.18. The van der Waals surface area contributed by atoms with Crippen molar-refractivity contribution in [3.05, 3.63) is 74.8 Å². The molecule has 150 valence electrons. The predicted molar refractivity (Wildman–Crippen MR) is 103 cm³/mol. The van der Waals surface area contributed by atoms with Gasteiger partial charge in [0.2, 0.25) is 0 Å². The quantitative estimate of drug-likeness (QED) is 0.457. The Balaban J connectivity index is 1.40. The maximum atomic E-state index is 12.5. The van der Waals surface area contributed by atoms with Gasteiger partial charge in [0.25, 0.3) is 17.5 Å². The Hall–Kier alpha value is -3.10. The van der Waals surface area contributed by atoms with E-state index in [1.54, 1.807) is 0 Å². The van der Waals surface area contributed by atoms with Crippen molar-refractivity contribution < 1.29 is 24.4 Å². The van der Waals surface area contributed by atoms with Gasteiger partial charge in [0.15, 0.2) is 0 Å². The number of imide groups is 1. The summed E-state index contributed by atoms with van der Waals surface area (Å²) in [6.07, 6.45) is 1.66. The summed E-state index contributed by atoms with van der Waals surface area (Å²) in [5, 5.41) is 21.3. The Kier molecular flexibility index (Phi) is 5.12. The Morgan fingerprint density at radius 3 is 2.72 bits per heavy atom. The first-order chi connectivity index (χ1) is 14.0. The number of aliphatic hydroxyl groups excluding tert-OH is 1. The molecule has 0 aromatic heterocycles. The maximum Gasteiger partial charge on any atom is 0.270 e. The van der Waals surface area contributed by atoms with Gasteiger partial charge in [0.1, 0.15) is 0 Å². The number of ether oxygens (including phenoxy) is 1. The van der Waals surface area contributed by atoms with Crippen LogP contribution in [0.1, 0.15) is 50.8 Å². The van der Waals surface area contributed by atoms with E-state index in [-0.39, 0.29) is 36.1 Å². The molecule has 0 saturated heterocycles. The predicted octanol–water partition coefficient (Wildman–Crippen LogP) is 2.65. The highest BCUT2D eigenvalue weighted by Crippen LogP contribution is 2.32. The average Bonchev–Trinajstić information content (AvgIpc) is 2.96. The summed E-state index contributed by atoms with van der Waals surface area (Å²) < 4.78 is 5.89. The third-order valence-electron chi connectivity index (χ3n) is 5.36. The van der Waals surface area contributed by atoms with Crippen LogP contribution in [-0.4, -0.2) is 46.0 Å². The largest absolute Gasteiger partial charge is 0.389 e. The van der Waals surface area contributed by atoms with Crippen molar-refractivity contribution in [3.63, 3.8) is 0 Å². The minimum absolute atomic E-state index is 0.0153. The number of aliphatic hydroxyl groups is 1. The third-order valence-corrected chi connectivity index (χ3v) is 5.36. The molecular weight excluding hydrogens is 376 g/mol. The number of hydrogen-bond acceptors (Lipinski definition) is 6. The van der Waals surface area contributed by atoms with E-state index in [1.165, 1.54) is 17.7 Å². The summed E-state index contributed by atoms with van der Waals surface area (Å²) in [6, 6.07) is 11.6. The van der Waals surface area contributed by atoms with Crippen molar-refractivity contribution >= 4 is 17.5 Å². The molecule has 4 rings (SSSR count). The zero-order valence-corrected chi connectivity index (χ0v) is 15.6. The Morgan fingerprint density at radius 1 is 1.17 bits per heavy atom. The number of hydrogen-bond donors (Lipinski definition) is 1. The SMILES string of the molecule is O=C1c2ccc([N+](=O)[O-])cc2C(=O)N1C[C@@H](O)CO[C@H]1CCCc2ccccc21. The fourth-order valence-corrected chi connectivity index (χ4v) is 3.93. The first-order valence-corrected chi connectivity index (χ1v) is 9.48. The number of non-ortho nitro benzene ring substituents is 1. The van der Waals surface area contributed by atoms with Crippen LogP contribution in [0.25, 0.3) is 0 Å². The van der Waals surface area contributed by atoms with Crippen LogP contribution in [0, 0.1) is 10.1 Å². The molecule has 8 nitrogen and oxygen atoms in total. The lowest BCUT2D eigenvalue weighted by Gasteiger charge is -2.27.